The molecule has 1 aliphatic rings. The van der Waals surface area contributed by atoms with Gasteiger partial charge in [-0.1, -0.05) is 6.07 Å². The average molecular weight is 186 g/mol. The number of aromatic nitrogens is 1. The van der Waals surface area contributed by atoms with Gasteiger partial charge in [0.15, 0.2) is 0 Å². The zero-order valence-corrected chi connectivity index (χ0v) is 7.55. The molecule has 0 saturated carbocycles. The first-order chi connectivity index (χ1) is 5.38. The smallest absolute Gasteiger partial charge is 0.0962 e. The largest absolute Gasteiger partial charge is 0.387 e. The van der Waals surface area contributed by atoms with Crippen LogP contribution in [0.4, 0.5) is 0 Å². The molecule has 0 aromatic carbocycles. The minimum atomic E-state index is -0.319. The van der Waals surface area contributed by atoms with Crippen LogP contribution in [0, 0.1) is 0 Å². The quantitative estimate of drug-likeness (QED) is 0.670. The third-order valence-corrected chi connectivity index (χ3v) is 2.17. The maximum absolute atomic E-state index is 9.50. The molecule has 1 N–H and O–H groups in total. The molecular formula is C9H12ClNO. The molecule has 66 valence electrons. The molecule has 0 spiro atoms. The van der Waals surface area contributed by atoms with Crippen LogP contribution in [0.25, 0.3) is 0 Å². The van der Waals surface area contributed by atoms with Gasteiger partial charge in [-0.25, -0.2) is 0 Å². The van der Waals surface area contributed by atoms with Gasteiger partial charge in [0.05, 0.1) is 11.8 Å². The van der Waals surface area contributed by atoms with Crippen LogP contribution in [0.5, 0.6) is 0 Å². The first kappa shape index (κ1) is 9.49. The van der Waals surface area contributed by atoms with E-state index in [0.717, 1.165) is 25.0 Å². The number of hydrogen-bond acceptors (Lipinski definition) is 2. The molecule has 0 bridgehead atoms. The van der Waals surface area contributed by atoms with E-state index in [9.17, 15) is 5.11 Å². The number of aryl methyl sites for hydroxylation is 1. The molecule has 1 atom stereocenters. The third-order valence-electron chi connectivity index (χ3n) is 2.17. The molecule has 1 aromatic rings. The highest BCUT2D eigenvalue weighted by Crippen LogP contribution is 2.26. The number of aliphatic hydroxyl groups is 1. The molecule has 1 aliphatic carbocycles. The summed E-state index contributed by atoms with van der Waals surface area (Å²) >= 11 is 0. The standard InChI is InChI=1S/C9H11NO.ClH/c11-8-5-1-3-7-4-2-6-10-9(7)8;/h2,4,6,8,11H,1,3,5H2;1H. The van der Waals surface area contributed by atoms with Gasteiger partial charge in [-0.2, -0.15) is 0 Å². The normalized spacial score (nSPS) is 20.9. The van der Waals surface area contributed by atoms with Crippen molar-refractivity contribution in [1.82, 2.24) is 4.98 Å². The number of rotatable bonds is 0. The molecule has 2 rings (SSSR count). The Hall–Kier alpha value is -0.600. The molecule has 0 aliphatic heterocycles. The highest BCUT2D eigenvalue weighted by molar-refractivity contribution is 5.85. The molecule has 3 heteroatoms. The lowest BCUT2D eigenvalue weighted by Crippen LogP contribution is -2.10. The van der Waals surface area contributed by atoms with Crippen molar-refractivity contribution in [2.24, 2.45) is 0 Å². The fraction of sp³-hybridized carbons (Fsp3) is 0.444. The van der Waals surface area contributed by atoms with Crippen molar-refractivity contribution in [3.8, 4) is 0 Å². The maximum Gasteiger partial charge on any atom is 0.0962 e. The van der Waals surface area contributed by atoms with E-state index in [2.05, 4.69) is 4.98 Å². The van der Waals surface area contributed by atoms with Crippen LogP contribution in [0.2, 0.25) is 0 Å². The monoisotopic (exact) mass is 185 g/mol. The Bertz CT molecular complexity index is 264. The van der Waals surface area contributed by atoms with Gasteiger partial charge in [0.25, 0.3) is 0 Å². The van der Waals surface area contributed by atoms with Crippen molar-refractivity contribution in [3.05, 3.63) is 29.6 Å². The van der Waals surface area contributed by atoms with Crippen molar-refractivity contribution in [2.75, 3.05) is 0 Å². The zero-order chi connectivity index (χ0) is 7.68. The van der Waals surface area contributed by atoms with E-state index in [1.807, 2.05) is 12.1 Å². The van der Waals surface area contributed by atoms with Crippen molar-refractivity contribution in [3.63, 3.8) is 0 Å². The van der Waals surface area contributed by atoms with Crippen LogP contribution in [0.1, 0.15) is 30.2 Å². The number of fused-ring (bicyclic) bond motifs is 1. The summed E-state index contributed by atoms with van der Waals surface area (Å²) in [5.74, 6) is 0. The minimum Gasteiger partial charge on any atom is -0.387 e. The molecule has 0 radical (unpaired) electrons. The van der Waals surface area contributed by atoms with Crippen LogP contribution in [0.3, 0.4) is 0 Å². The van der Waals surface area contributed by atoms with Gasteiger partial charge in [0.1, 0.15) is 0 Å². The van der Waals surface area contributed by atoms with Crippen LogP contribution in [0.15, 0.2) is 18.3 Å². The Morgan fingerprint density at radius 1 is 1.50 bits per heavy atom. The second kappa shape index (κ2) is 3.87. The first-order valence-corrected chi connectivity index (χ1v) is 4.00. The fourth-order valence-corrected chi connectivity index (χ4v) is 1.58. The Balaban J connectivity index is 0.000000720. The summed E-state index contributed by atoms with van der Waals surface area (Å²) in [6.45, 7) is 0. The van der Waals surface area contributed by atoms with E-state index >= 15 is 0 Å². The lowest BCUT2D eigenvalue weighted by molar-refractivity contribution is 0.151. The molecule has 0 saturated heterocycles. The van der Waals surface area contributed by atoms with E-state index in [1.165, 1.54) is 5.56 Å². The van der Waals surface area contributed by atoms with E-state index in [0.29, 0.717) is 0 Å². The van der Waals surface area contributed by atoms with Crippen molar-refractivity contribution < 1.29 is 5.11 Å². The summed E-state index contributed by atoms with van der Waals surface area (Å²) in [6, 6.07) is 3.97. The van der Waals surface area contributed by atoms with E-state index in [-0.39, 0.29) is 18.5 Å². The summed E-state index contributed by atoms with van der Waals surface area (Å²) in [4.78, 5) is 4.15. The molecule has 1 aromatic heterocycles. The highest BCUT2D eigenvalue weighted by atomic mass is 35.5. The molecule has 1 unspecified atom stereocenters. The van der Waals surface area contributed by atoms with Gasteiger partial charge in [-0.3, -0.25) is 4.98 Å². The maximum atomic E-state index is 9.50. The third kappa shape index (κ3) is 1.59. The van der Waals surface area contributed by atoms with E-state index < -0.39 is 0 Å². The number of pyridine rings is 1. The zero-order valence-electron chi connectivity index (χ0n) is 6.73. The summed E-state index contributed by atoms with van der Waals surface area (Å²) in [7, 11) is 0. The second-order valence-electron chi connectivity index (χ2n) is 2.96. The van der Waals surface area contributed by atoms with E-state index in [4.69, 9.17) is 0 Å². The number of halogens is 1. The molecule has 12 heavy (non-hydrogen) atoms. The molecule has 0 amide bonds. The average Bonchev–Trinajstić information content (AvgIpc) is 2.06. The van der Waals surface area contributed by atoms with Crippen molar-refractivity contribution in [2.45, 2.75) is 25.4 Å². The highest BCUT2D eigenvalue weighted by Gasteiger charge is 2.17. The van der Waals surface area contributed by atoms with Gasteiger partial charge in [-0.05, 0) is 30.9 Å². The summed E-state index contributed by atoms with van der Waals surface area (Å²) in [6.07, 6.45) is 4.44. The lowest BCUT2D eigenvalue weighted by Gasteiger charge is -2.18. The Morgan fingerprint density at radius 2 is 2.33 bits per heavy atom. The number of hydrogen-bond donors (Lipinski definition) is 1. The van der Waals surface area contributed by atoms with Crippen molar-refractivity contribution in [1.29, 1.82) is 0 Å². The van der Waals surface area contributed by atoms with Gasteiger partial charge in [0.2, 0.25) is 0 Å². The molecule has 0 fully saturated rings. The molecular weight excluding hydrogens is 174 g/mol. The predicted octanol–water partition coefficient (Wildman–Crippen LogP) is 1.87. The Morgan fingerprint density at radius 3 is 3.08 bits per heavy atom. The minimum absolute atomic E-state index is 0. The lowest BCUT2D eigenvalue weighted by atomic mass is 9.94. The molecule has 1 heterocycles. The van der Waals surface area contributed by atoms with Crippen LogP contribution in [-0.2, 0) is 6.42 Å². The first-order valence-electron chi connectivity index (χ1n) is 4.00. The number of aliphatic hydroxyl groups excluding tert-OH is 1. The van der Waals surface area contributed by atoms with Gasteiger partial charge in [-0.15, -0.1) is 12.4 Å². The summed E-state index contributed by atoms with van der Waals surface area (Å²) < 4.78 is 0. The Labute approximate surface area is 78.1 Å². The fourth-order valence-electron chi connectivity index (χ4n) is 1.58. The van der Waals surface area contributed by atoms with Gasteiger partial charge < -0.3 is 5.11 Å². The topological polar surface area (TPSA) is 33.1 Å². The van der Waals surface area contributed by atoms with E-state index in [1.54, 1.807) is 6.20 Å². The van der Waals surface area contributed by atoms with Gasteiger partial charge >= 0.3 is 0 Å². The Kier molecular flexibility index (Phi) is 3.06. The summed E-state index contributed by atoms with van der Waals surface area (Å²) in [5, 5.41) is 9.50. The van der Waals surface area contributed by atoms with Gasteiger partial charge in [0, 0.05) is 6.20 Å². The van der Waals surface area contributed by atoms with Crippen molar-refractivity contribution >= 4 is 12.4 Å². The molecule has 2 nitrogen and oxygen atoms in total. The van der Waals surface area contributed by atoms with Crippen LogP contribution in [-0.4, -0.2) is 10.1 Å². The van der Waals surface area contributed by atoms with Crippen LogP contribution < -0.4 is 0 Å². The SMILES string of the molecule is Cl.OC1CCCc2cccnc21. The van der Waals surface area contributed by atoms with Crippen LogP contribution >= 0.6 is 12.4 Å². The predicted molar refractivity (Wildman–Crippen MR) is 49.4 cm³/mol. The second-order valence-corrected chi connectivity index (χ2v) is 2.96. The number of nitrogens with zero attached hydrogens (tertiary/aromatic N) is 1. The summed E-state index contributed by atoms with van der Waals surface area (Å²) in [5.41, 5.74) is 2.10.